The molecule has 8 heteroatoms. The van der Waals surface area contributed by atoms with Gasteiger partial charge in [-0.15, -0.1) is 0 Å². The molecule has 0 radical (unpaired) electrons. The number of alkyl halides is 4. The first-order chi connectivity index (χ1) is 9.26. The lowest BCUT2D eigenvalue weighted by Gasteiger charge is -2.29. The van der Waals surface area contributed by atoms with Crippen LogP contribution in [0.3, 0.4) is 0 Å². The molecule has 0 amide bonds. The first-order valence-electron chi connectivity index (χ1n) is 6.88. The van der Waals surface area contributed by atoms with E-state index >= 15 is 0 Å². The Hall–Kier alpha value is -0.130. The molecule has 0 aliphatic heterocycles. The highest BCUT2D eigenvalue weighted by atomic mass is 31.2. The summed E-state index contributed by atoms with van der Waals surface area (Å²) >= 11 is 0. The highest BCUT2D eigenvalue weighted by Crippen LogP contribution is 2.52. The van der Waals surface area contributed by atoms with E-state index < -0.39 is 32.7 Å². The van der Waals surface area contributed by atoms with Gasteiger partial charge in [-0.25, -0.2) is 4.39 Å². The maximum absolute atomic E-state index is 13.7. The smallest absolute Gasteiger partial charge is 0.302 e. The largest absolute Gasteiger partial charge is 0.412 e. The van der Waals surface area contributed by atoms with E-state index in [-0.39, 0.29) is 12.6 Å². The van der Waals surface area contributed by atoms with E-state index in [4.69, 9.17) is 4.52 Å². The third-order valence-electron chi connectivity index (χ3n) is 3.13. The molecule has 0 heterocycles. The van der Waals surface area contributed by atoms with Gasteiger partial charge in [0.15, 0.2) is 6.61 Å². The summed E-state index contributed by atoms with van der Waals surface area (Å²) in [5.74, 6) is 0. The van der Waals surface area contributed by atoms with Crippen LogP contribution in [-0.4, -0.2) is 31.2 Å². The van der Waals surface area contributed by atoms with Crippen LogP contribution in [0.25, 0.3) is 0 Å². The molecule has 20 heavy (non-hydrogen) atoms. The highest BCUT2D eigenvalue weighted by Gasteiger charge is 2.38. The average molecular weight is 320 g/mol. The molecule has 1 aliphatic rings. The molecule has 1 saturated carbocycles. The summed E-state index contributed by atoms with van der Waals surface area (Å²) in [7, 11) is -3.90. The summed E-state index contributed by atoms with van der Waals surface area (Å²) in [6, 6.07) is 0. The van der Waals surface area contributed by atoms with Crippen LogP contribution in [0.15, 0.2) is 0 Å². The Morgan fingerprint density at radius 2 is 1.90 bits per heavy atom. The van der Waals surface area contributed by atoms with Crippen molar-refractivity contribution in [1.82, 2.24) is 0 Å². The second-order valence-corrected chi connectivity index (χ2v) is 7.16. The molecule has 1 fully saturated rings. The molecule has 120 valence electrons. The third kappa shape index (κ3) is 6.55. The zero-order valence-corrected chi connectivity index (χ0v) is 12.4. The van der Waals surface area contributed by atoms with Gasteiger partial charge in [0.05, 0.1) is 12.3 Å². The van der Waals surface area contributed by atoms with Gasteiger partial charge in [-0.05, 0) is 19.3 Å². The lowest BCUT2D eigenvalue weighted by Crippen LogP contribution is -2.29. The molecule has 0 aromatic rings. The van der Waals surface area contributed by atoms with Crippen molar-refractivity contribution < 1.29 is 31.2 Å². The normalized spacial score (nSPS) is 27.2. The number of hydrogen-bond acceptors (Lipinski definition) is 3. The Kier molecular flexibility index (Phi) is 6.95. The zero-order chi connectivity index (χ0) is 15.2. The topological polar surface area (TPSA) is 35.5 Å². The van der Waals surface area contributed by atoms with Crippen molar-refractivity contribution >= 4 is 7.60 Å². The van der Waals surface area contributed by atoms with Crippen molar-refractivity contribution in [1.29, 1.82) is 0 Å². The molecule has 0 saturated heterocycles. The van der Waals surface area contributed by atoms with Crippen molar-refractivity contribution in [2.24, 2.45) is 0 Å². The van der Waals surface area contributed by atoms with E-state index in [1.807, 2.05) is 6.92 Å². The molecule has 0 bridgehead atoms. The fourth-order valence-corrected chi connectivity index (χ4v) is 4.04. The maximum Gasteiger partial charge on any atom is 0.412 e. The molecular weight excluding hydrogens is 299 g/mol. The Balaban J connectivity index is 2.63. The van der Waals surface area contributed by atoms with E-state index in [1.165, 1.54) is 0 Å². The van der Waals surface area contributed by atoms with Gasteiger partial charge in [-0.3, -0.25) is 9.09 Å². The van der Waals surface area contributed by atoms with Crippen molar-refractivity contribution in [3.05, 3.63) is 0 Å². The standard InChI is InChI=1S/C12H21F4O3P/c1-2-3-8-20(17,18-9-12(14,15)16)19-11-7-5-4-6-10(11)13/h10-11H,2-9H2,1H3. The first-order valence-corrected chi connectivity index (χ1v) is 8.61. The fourth-order valence-electron chi connectivity index (χ4n) is 2.05. The Morgan fingerprint density at radius 1 is 1.25 bits per heavy atom. The number of unbranched alkanes of at least 4 members (excludes halogenated alkanes) is 1. The summed E-state index contributed by atoms with van der Waals surface area (Å²) in [5.41, 5.74) is 0. The van der Waals surface area contributed by atoms with E-state index in [1.54, 1.807) is 0 Å². The van der Waals surface area contributed by atoms with Crippen LogP contribution in [0.2, 0.25) is 0 Å². The lowest BCUT2D eigenvalue weighted by atomic mass is 9.96. The Morgan fingerprint density at radius 3 is 2.45 bits per heavy atom. The van der Waals surface area contributed by atoms with E-state index in [0.29, 0.717) is 25.7 Å². The molecule has 0 aromatic heterocycles. The van der Waals surface area contributed by atoms with Crippen LogP contribution in [0.5, 0.6) is 0 Å². The quantitative estimate of drug-likeness (QED) is 0.496. The fraction of sp³-hybridized carbons (Fsp3) is 1.00. The van der Waals surface area contributed by atoms with Crippen molar-refractivity contribution in [2.45, 2.75) is 63.9 Å². The number of halogens is 4. The van der Waals surface area contributed by atoms with Gasteiger partial charge in [0, 0.05) is 0 Å². The molecule has 0 aromatic carbocycles. The molecular formula is C12H21F4O3P. The molecule has 3 atom stereocenters. The minimum absolute atomic E-state index is 0.108. The number of hydrogen-bond donors (Lipinski definition) is 0. The predicted molar refractivity (Wildman–Crippen MR) is 67.6 cm³/mol. The average Bonchev–Trinajstić information content (AvgIpc) is 2.36. The van der Waals surface area contributed by atoms with E-state index in [0.717, 1.165) is 6.42 Å². The van der Waals surface area contributed by atoms with Crippen LogP contribution in [0, 0.1) is 0 Å². The minimum Gasteiger partial charge on any atom is -0.302 e. The first kappa shape index (κ1) is 17.9. The van der Waals surface area contributed by atoms with Gasteiger partial charge in [0.1, 0.15) is 6.17 Å². The van der Waals surface area contributed by atoms with Crippen molar-refractivity contribution in [3.63, 3.8) is 0 Å². The van der Waals surface area contributed by atoms with Gasteiger partial charge < -0.3 is 4.52 Å². The summed E-state index contributed by atoms with van der Waals surface area (Å²) in [6.45, 7) is 0.185. The number of rotatable bonds is 7. The van der Waals surface area contributed by atoms with Crippen LogP contribution >= 0.6 is 7.60 Å². The van der Waals surface area contributed by atoms with Gasteiger partial charge in [0.2, 0.25) is 0 Å². The molecule has 1 aliphatic carbocycles. The molecule has 3 unspecified atom stereocenters. The zero-order valence-electron chi connectivity index (χ0n) is 11.5. The Bertz CT molecular complexity index is 335. The van der Waals surface area contributed by atoms with E-state index in [2.05, 4.69) is 4.52 Å². The summed E-state index contributed by atoms with van der Waals surface area (Å²) in [5, 5.41) is 0. The molecule has 3 nitrogen and oxygen atoms in total. The molecule has 0 N–H and O–H groups in total. The predicted octanol–water partition coefficient (Wildman–Crippen LogP) is 4.86. The van der Waals surface area contributed by atoms with Crippen molar-refractivity contribution in [2.75, 3.05) is 12.8 Å². The van der Waals surface area contributed by atoms with Gasteiger partial charge in [-0.1, -0.05) is 26.2 Å². The second kappa shape index (κ2) is 7.76. The van der Waals surface area contributed by atoms with Crippen LogP contribution in [-0.2, 0) is 13.6 Å². The highest BCUT2D eigenvalue weighted by molar-refractivity contribution is 7.53. The van der Waals surface area contributed by atoms with Gasteiger partial charge >= 0.3 is 13.8 Å². The monoisotopic (exact) mass is 320 g/mol. The summed E-state index contributed by atoms with van der Waals surface area (Å²) in [6.07, 6.45) is -3.74. The van der Waals surface area contributed by atoms with Crippen LogP contribution < -0.4 is 0 Å². The van der Waals surface area contributed by atoms with Crippen molar-refractivity contribution in [3.8, 4) is 0 Å². The van der Waals surface area contributed by atoms with Gasteiger partial charge in [-0.2, -0.15) is 13.2 Å². The minimum atomic E-state index is -4.58. The third-order valence-corrected chi connectivity index (χ3v) is 5.11. The van der Waals surface area contributed by atoms with Crippen LogP contribution in [0.1, 0.15) is 45.4 Å². The second-order valence-electron chi connectivity index (χ2n) is 5.02. The SMILES string of the molecule is CCCCP(=O)(OCC(F)(F)F)OC1CCCCC1F. The summed E-state index contributed by atoms with van der Waals surface area (Å²) < 4.78 is 72.2. The van der Waals surface area contributed by atoms with E-state index in [9.17, 15) is 22.1 Å². The summed E-state index contributed by atoms with van der Waals surface area (Å²) in [4.78, 5) is 0. The van der Waals surface area contributed by atoms with Gasteiger partial charge in [0.25, 0.3) is 0 Å². The Labute approximate surface area is 116 Å². The maximum atomic E-state index is 13.7. The van der Waals surface area contributed by atoms with Crippen LogP contribution in [0.4, 0.5) is 17.6 Å². The lowest BCUT2D eigenvalue weighted by molar-refractivity contribution is -0.156. The molecule has 0 spiro atoms. The molecule has 1 rings (SSSR count).